The molecular weight excluding hydrogens is 350 g/mol. The first-order valence-corrected chi connectivity index (χ1v) is 9.00. The molecule has 0 bridgehead atoms. The first-order chi connectivity index (χ1) is 12.9. The van der Waals surface area contributed by atoms with Crippen LogP contribution in [0.4, 0.5) is 5.69 Å². The molecule has 1 unspecified atom stereocenters. The van der Waals surface area contributed by atoms with Gasteiger partial charge in [-0.15, -0.1) is 0 Å². The highest BCUT2D eigenvalue weighted by molar-refractivity contribution is 5.93. The lowest BCUT2D eigenvalue weighted by Crippen LogP contribution is -2.57. The van der Waals surface area contributed by atoms with Crippen LogP contribution in [0.5, 0.6) is 5.75 Å². The minimum absolute atomic E-state index is 0.0155. The zero-order valence-corrected chi connectivity index (χ0v) is 16.0. The van der Waals surface area contributed by atoms with Crippen molar-refractivity contribution >= 4 is 23.5 Å². The van der Waals surface area contributed by atoms with Gasteiger partial charge in [0.15, 0.2) is 0 Å². The average molecular weight is 377 g/mol. The summed E-state index contributed by atoms with van der Waals surface area (Å²) in [7, 11) is 1.57. The quantitative estimate of drug-likeness (QED) is 0.657. The number of carbonyl (C=O) groups is 3. The molecule has 1 aromatic rings. The standard InChI is InChI=1S/C19H27N3O5/c1-13(2)12-27-18(24)10-16-19(25)20-8-9-22(16)11-17(23)21-14-4-6-15(26-3)7-5-14/h4-7,13,16H,8-12H2,1-3H3,(H,20,25)(H,21,23). The summed E-state index contributed by atoms with van der Waals surface area (Å²) in [6.45, 7) is 5.13. The van der Waals surface area contributed by atoms with Gasteiger partial charge in [-0.3, -0.25) is 19.3 Å². The number of ether oxygens (including phenoxy) is 2. The van der Waals surface area contributed by atoms with Crippen molar-refractivity contribution in [2.75, 3.05) is 38.7 Å². The zero-order chi connectivity index (χ0) is 19.8. The van der Waals surface area contributed by atoms with Crippen LogP contribution < -0.4 is 15.4 Å². The second-order valence-electron chi connectivity index (χ2n) is 6.83. The first kappa shape index (κ1) is 20.7. The highest BCUT2D eigenvalue weighted by Crippen LogP contribution is 2.16. The van der Waals surface area contributed by atoms with Crippen LogP contribution in [0.2, 0.25) is 0 Å². The number of nitrogens with zero attached hydrogens (tertiary/aromatic N) is 1. The number of hydrogen-bond acceptors (Lipinski definition) is 6. The lowest BCUT2D eigenvalue weighted by atomic mass is 10.1. The second kappa shape index (κ2) is 9.91. The maximum atomic E-state index is 12.4. The third kappa shape index (κ3) is 6.56. The highest BCUT2D eigenvalue weighted by atomic mass is 16.5. The summed E-state index contributed by atoms with van der Waals surface area (Å²) in [6, 6.07) is 6.26. The second-order valence-corrected chi connectivity index (χ2v) is 6.83. The molecule has 1 aliphatic heterocycles. The van der Waals surface area contributed by atoms with E-state index in [4.69, 9.17) is 9.47 Å². The lowest BCUT2D eigenvalue weighted by molar-refractivity contribution is -0.149. The van der Waals surface area contributed by atoms with Crippen molar-refractivity contribution in [1.82, 2.24) is 10.2 Å². The van der Waals surface area contributed by atoms with E-state index in [1.807, 2.05) is 13.8 Å². The molecule has 1 aliphatic rings. The van der Waals surface area contributed by atoms with Gasteiger partial charge < -0.3 is 20.1 Å². The number of benzene rings is 1. The number of nitrogens with one attached hydrogen (secondary N) is 2. The monoisotopic (exact) mass is 377 g/mol. The van der Waals surface area contributed by atoms with Crippen molar-refractivity contribution in [2.45, 2.75) is 26.3 Å². The Bertz CT molecular complexity index is 660. The van der Waals surface area contributed by atoms with E-state index in [0.29, 0.717) is 31.1 Å². The van der Waals surface area contributed by atoms with Crippen LogP contribution >= 0.6 is 0 Å². The number of hydrogen-bond donors (Lipinski definition) is 2. The SMILES string of the molecule is COc1ccc(NC(=O)CN2CCNC(=O)C2CC(=O)OCC(C)C)cc1. The number of amides is 2. The third-order valence-corrected chi connectivity index (χ3v) is 4.10. The number of anilines is 1. The minimum atomic E-state index is -0.708. The molecule has 0 aromatic heterocycles. The normalized spacial score (nSPS) is 17.3. The summed E-state index contributed by atoms with van der Waals surface area (Å²) in [5.41, 5.74) is 0.634. The number of carbonyl (C=O) groups excluding carboxylic acids is 3. The van der Waals surface area contributed by atoms with Crippen LogP contribution in [-0.4, -0.2) is 62.1 Å². The Hall–Kier alpha value is -2.61. The van der Waals surface area contributed by atoms with E-state index >= 15 is 0 Å². The van der Waals surface area contributed by atoms with Crippen molar-refractivity contribution in [3.8, 4) is 5.75 Å². The number of piperazine rings is 1. The zero-order valence-electron chi connectivity index (χ0n) is 16.0. The van der Waals surface area contributed by atoms with E-state index in [-0.39, 0.29) is 30.7 Å². The molecule has 148 valence electrons. The molecule has 1 heterocycles. The van der Waals surface area contributed by atoms with Gasteiger partial charge in [-0.2, -0.15) is 0 Å². The summed E-state index contributed by atoms with van der Waals surface area (Å²) in [4.78, 5) is 38.2. The van der Waals surface area contributed by atoms with Crippen molar-refractivity contribution in [3.63, 3.8) is 0 Å². The largest absolute Gasteiger partial charge is 0.497 e. The molecule has 0 radical (unpaired) electrons. The maximum Gasteiger partial charge on any atom is 0.307 e. The molecule has 0 aliphatic carbocycles. The van der Waals surface area contributed by atoms with Crippen LogP contribution in [0.15, 0.2) is 24.3 Å². The molecule has 8 nitrogen and oxygen atoms in total. The number of methoxy groups -OCH3 is 1. The molecule has 2 amide bonds. The Labute approximate surface area is 159 Å². The summed E-state index contributed by atoms with van der Waals surface area (Å²) in [6.07, 6.45) is -0.0750. The van der Waals surface area contributed by atoms with Crippen molar-refractivity contribution in [1.29, 1.82) is 0 Å². The molecule has 1 fully saturated rings. The fraction of sp³-hybridized carbons (Fsp3) is 0.526. The van der Waals surface area contributed by atoms with Gasteiger partial charge in [0.1, 0.15) is 11.8 Å². The van der Waals surface area contributed by atoms with Crippen molar-refractivity contribution < 1.29 is 23.9 Å². The summed E-state index contributed by atoms with van der Waals surface area (Å²) < 4.78 is 10.3. The molecule has 8 heteroatoms. The summed E-state index contributed by atoms with van der Waals surface area (Å²) in [5.74, 6) is -0.0390. The topological polar surface area (TPSA) is 97.0 Å². The van der Waals surface area contributed by atoms with Gasteiger partial charge in [-0.05, 0) is 30.2 Å². The molecule has 1 atom stereocenters. The minimum Gasteiger partial charge on any atom is -0.497 e. The van der Waals surface area contributed by atoms with E-state index < -0.39 is 12.0 Å². The van der Waals surface area contributed by atoms with E-state index in [2.05, 4.69) is 10.6 Å². The smallest absolute Gasteiger partial charge is 0.307 e. The lowest BCUT2D eigenvalue weighted by Gasteiger charge is -2.33. The third-order valence-electron chi connectivity index (χ3n) is 4.10. The van der Waals surface area contributed by atoms with Gasteiger partial charge in [0.25, 0.3) is 0 Å². The van der Waals surface area contributed by atoms with Crippen molar-refractivity contribution in [2.24, 2.45) is 5.92 Å². The van der Waals surface area contributed by atoms with Gasteiger partial charge in [0.2, 0.25) is 11.8 Å². The van der Waals surface area contributed by atoms with Crippen molar-refractivity contribution in [3.05, 3.63) is 24.3 Å². The summed E-state index contributed by atoms with van der Waals surface area (Å²) >= 11 is 0. The van der Waals surface area contributed by atoms with Crippen LogP contribution in [-0.2, 0) is 19.1 Å². The van der Waals surface area contributed by atoms with E-state index in [9.17, 15) is 14.4 Å². The van der Waals surface area contributed by atoms with Crippen LogP contribution in [0, 0.1) is 5.92 Å². The van der Waals surface area contributed by atoms with E-state index in [0.717, 1.165) is 0 Å². The van der Waals surface area contributed by atoms with Crippen LogP contribution in [0.3, 0.4) is 0 Å². The molecule has 2 N–H and O–H groups in total. The van der Waals surface area contributed by atoms with Gasteiger partial charge in [-0.25, -0.2) is 0 Å². The summed E-state index contributed by atoms with van der Waals surface area (Å²) in [5, 5.41) is 5.52. The Balaban J connectivity index is 1.93. The van der Waals surface area contributed by atoms with Gasteiger partial charge in [-0.1, -0.05) is 13.8 Å². The van der Waals surface area contributed by atoms with Crippen LogP contribution in [0.1, 0.15) is 20.3 Å². The fourth-order valence-corrected chi connectivity index (χ4v) is 2.71. The van der Waals surface area contributed by atoms with E-state index in [1.54, 1.807) is 36.3 Å². The average Bonchev–Trinajstić information content (AvgIpc) is 2.63. The fourth-order valence-electron chi connectivity index (χ4n) is 2.71. The number of esters is 1. The molecule has 2 rings (SSSR count). The molecule has 0 spiro atoms. The molecule has 27 heavy (non-hydrogen) atoms. The number of rotatable bonds is 8. The molecular formula is C19H27N3O5. The van der Waals surface area contributed by atoms with Gasteiger partial charge in [0, 0.05) is 18.8 Å². The molecule has 1 saturated heterocycles. The Kier molecular flexibility index (Phi) is 7.60. The van der Waals surface area contributed by atoms with Crippen LogP contribution in [0.25, 0.3) is 0 Å². The Morgan fingerprint density at radius 2 is 2.00 bits per heavy atom. The molecule has 1 aromatic carbocycles. The van der Waals surface area contributed by atoms with Gasteiger partial charge >= 0.3 is 5.97 Å². The van der Waals surface area contributed by atoms with Gasteiger partial charge in [0.05, 0.1) is 26.7 Å². The highest BCUT2D eigenvalue weighted by Gasteiger charge is 2.33. The maximum absolute atomic E-state index is 12.4. The Morgan fingerprint density at radius 3 is 2.63 bits per heavy atom. The Morgan fingerprint density at radius 1 is 1.30 bits per heavy atom. The predicted molar refractivity (Wildman–Crippen MR) is 100 cm³/mol. The van der Waals surface area contributed by atoms with E-state index in [1.165, 1.54) is 0 Å². The molecule has 0 saturated carbocycles. The first-order valence-electron chi connectivity index (χ1n) is 9.00. The predicted octanol–water partition coefficient (Wildman–Crippen LogP) is 1.02.